The Labute approximate surface area is 193 Å². The Bertz CT molecular complexity index is 1140. The lowest BCUT2D eigenvalue weighted by Gasteiger charge is -2.50. The second kappa shape index (κ2) is 7.98. The number of hydrogen-bond acceptors (Lipinski definition) is 5. The minimum atomic E-state index is -0.337. The zero-order chi connectivity index (χ0) is 21.5. The summed E-state index contributed by atoms with van der Waals surface area (Å²) in [4.78, 5) is 4.89. The molecule has 0 radical (unpaired) electrons. The molecule has 3 aromatic rings. The van der Waals surface area contributed by atoms with Gasteiger partial charge in [-0.25, -0.2) is 5.01 Å². The molecule has 1 unspecified atom stereocenters. The first-order valence-corrected chi connectivity index (χ1v) is 12.2. The van der Waals surface area contributed by atoms with Crippen molar-refractivity contribution in [3.05, 3.63) is 90.0 Å². The molecular weight excluding hydrogens is 414 g/mol. The molecule has 162 valence electrons. The quantitative estimate of drug-likeness (QED) is 0.513. The van der Waals surface area contributed by atoms with Gasteiger partial charge in [-0.15, -0.1) is 0 Å². The third-order valence-electron chi connectivity index (χ3n) is 6.84. The molecule has 32 heavy (non-hydrogen) atoms. The first-order chi connectivity index (χ1) is 15.7. The molecule has 4 nitrogen and oxygen atoms in total. The van der Waals surface area contributed by atoms with Crippen molar-refractivity contribution in [1.29, 1.82) is 0 Å². The minimum Gasteiger partial charge on any atom is -0.466 e. The van der Waals surface area contributed by atoms with Gasteiger partial charge < -0.3 is 9.64 Å². The summed E-state index contributed by atoms with van der Waals surface area (Å²) in [5, 5.41) is 7.49. The van der Waals surface area contributed by atoms with E-state index in [1.54, 1.807) is 11.8 Å². The molecule has 0 aromatic heterocycles. The average Bonchev–Trinajstić information content (AvgIpc) is 3.29. The highest BCUT2D eigenvalue weighted by Crippen LogP contribution is 2.49. The van der Waals surface area contributed by atoms with Crippen molar-refractivity contribution in [1.82, 2.24) is 9.91 Å². The van der Waals surface area contributed by atoms with Gasteiger partial charge >= 0.3 is 0 Å². The lowest BCUT2D eigenvalue weighted by atomic mass is 9.91. The van der Waals surface area contributed by atoms with Crippen LogP contribution in [-0.4, -0.2) is 41.5 Å². The number of rotatable bonds is 3. The Balaban J connectivity index is 1.30. The van der Waals surface area contributed by atoms with Gasteiger partial charge in [-0.2, -0.15) is 5.10 Å². The zero-order valence-electron chi connectivity index (χ0n) is 18.3. The number of fused-ring (bicyclic) bond motifs is 4. The minimum absolute atomic E-state index is 0.247. The Morgan fingerprint density at radius 3 is 2.34 bits per heavy atom. The van der Waals surface area contributed by atoms with Crippen LogP contribution in [0.1, 0.15) is 36.4 Å². The largest absolute Gasteiger partial charge is 0.466 e. The van der Waals surface area contributed by atoms with Gasteiger partial charge in [0.05, 0.1) is 11.8 Å². The van der Waals surface area contributed by atoms with E-state index in [1.165, 1.54) is 20.9 Å². The normalized spacial score (nSPS) is 21.6. The molecule has 0 N–H and O–H groups in total. The van der Waals surface area contributed by atoms with E-state index >= 15 is 0 Å². The van der Waals surface area contributed by atoms with Gasteiger partial charge in [0.25, 0.3) is 0 Å². The van der Waals surface area contributed by atoms with Crippen molar-refractivity contribution >= 4 is 17.5 Å². The summed E-state index contributed by atoms with van der Waals surface area (Å²) < 4.78 is 6.68. The highest BCUT2D eigenvalue weighted by molar-refractivity contribution is 7.99. The first-order valence-electron chi connectivity index (χ1n) is 11.4. The van der Waals surface area contributed by atoms with Crippen LogP contribution in [0.15, 0.2) is 93.8 Å². The summed E-state index contributed by atoms with van der Waals surface area (Å²) in [5.74, 6) is 1.03. The summed E-state index contributed by atoms with van der Waals surface area (Å²) in [5.41, 5.74) is 3.28. The van der Waals surface area contributed by atoms with Gasteiger partial charge in [-0.3, -0.25) is 0 Å². The third kappa shape index (κ3) is 3.50. The summed E-state index contributed by atoms with van der Waals surface area (Å²) in [6.07, 6.45) is 2.86. The standard InChI is InChI=1S/C27H27N3OS/c1-29-17-15-27(16-18-29)30-25(23-9-5-6-10-26(23)31-27)19-24(28-30)20-11-13-22(14-12-20)32-21-7-3-2-4-8-21/h2-14,25H,15-19H2,1H3. The zero-order valence-corrected chi connectivity index (χ0v) is 19.1. The van der Waals surface area contributed by atoms with Crippen LogP contribution >= 0.6 is 11.8 Å². The van der Waals surface area contributed by atoms with Gasteiger partial charge in [-0.1, -0.05) is 60.3 Å². The van der Waals surface area contributed by atoms with Gasteiger partial charge in [0.2, 0.25) is 5.72 Å². The maximum Gasteiger partial charge on any atom is 0.200 e. The van der Waals surface area contributed by atoms with Crippen LogP contribution in [0.25, 0.3) is 0 Å². The molecule has 0 aliphatic carbocycles. The maximum atomic E-state index is 6.68. The number of nitrogens with zero attached hydrogens (tertiary/aromatic N) is 3. The van der Waals surface area contributed by atoms with Crippen LogP contribution in [0.2, 0.25) is 0 Å². The molecule has 3 aliphatic heterocycles. The van der Waals surface area contributed by atoms with E-state index in [1.807, 2.05) is 0 Å². The van der Waals surface area contributed by atoms with E-state index in [-0.39, 0.29) is 11.8 Å². The SMILES string of the molecule is CN1CCC2(CC1)Oc1ccccc1C1CC(c3ccc(Sc4ccccc4)cc3)=NN12. The monoisotopic (exact) mass is 441 g/mol. The molecule has 1 atom stereocenters. The van der Waals surface area contributed by atoms with Crippen molar-refractivity contribution < 1.29 is 4.74 Å². The second-order valence-corrected chi connectivity index (χ2v) is 10.1. The molecule has 0 bridgehead atoms. The van der Waals surface area contributed by atoms with Crippen LogP contribution < -0.4 is 4.74 Å². The smallest absolute Gasteiger partial charge is 0.200 e. The van der Waals surface area contributed by atoms with E-state index in [9.17, 15) is 0 Å². The van der Waals surface area contributed by atoms with E-state index in [4.69, 9.17) is 9.84 Å². The molecule has 1 fully saturated rings. The summed E-state index contributed by atoms with van der Waals surface area (Å²) in [7, 11) is 2.19. The predicted octanol–water partition coefficient (Wildman–Crippen LogP) is 5.80. The van der Waals surface area contributed by atoms with Crippen LogP contribution in [0, 0.1) is 0 Å². The second-order valence-electron chi connectivity index (χ2n) is 8.94. The van der Waals surface area contributed by atoms with Crippen LogP contribution in [0.4, 0.5) is 0 Å². The Morgan fingerprint density at radius 1 is 0.875 bits per heavy atom. The number of para-hydroxylation sites is 1. The Kier molecular flexibility index (Phi) is 4.96. The van der Waals surface area contributed by atoms with E-state index in [0.717, 1.165) is 43.8 Å². The lowest BCUT2D eigenvalue weighted by molar-refractivity contribution is -0.147. The van der Waals surface area contributed by atoms with Crippen molar-refractivity contribution in [2.24, 2.45) is 5.10 Å². The van der Waals surface area contributed by atoms with Crippen LogP contribution in [-0.2, 0) is 0 Å². The highest BCUT2D eigenvalue weighted by atomic mass is 32.2. The van der Waals surface area contributed by atoms with Gasteiger partial charge in [0.1, 0.15) is 5.75 Å². The fraction of sp³-hybridized carbons (Fsp3) is 0.296. The first kappa shape index (κ1) is 19.9. The van der Waals surface area contributed by atoms with E-state index < -0.39 is 0 Å². The Morgan fingerprint density at radius 2 is 1.56 bits per heavy atom. The number of hydrazone groups is 1. The number of piperidine rings is 1. The lowest BCUT2D eigenvalue weighted by Crippen LogP contribution is -2.58. The third-order valence-corrected chi connectivity index (χ3v) is 7.86. The molecule has 5 heteroatoms. The number of benzene rings is 3. The maximum absolute atomic E-state index is 6.68. The fourth-order valence-corrected chi connectivity index (χ4v) is 5.88. The molecule has 0 saturated carbocycles. The highest BCUT2D eigenvalue weighted by Gasteiger charge is 2.51. The topological polar surface area (TPSA) is 28.1 Å². The molecule has 1 saturated heterocycles. The molecule has 1 spiro atoms. The van der Waals surface area contributed by atoms with E-state index in [0.29, 0.717) is 0 Å². The molecule has 6 rings (SSSR count). The molecule has 3 aliphatic rings. The fourth-order valence-electron chi connectivity index (χ4n) is 5.04. The molecule has 3 heterocycles. The number of likely N-dealkylation sites (tertiary alicyclic amines) is 1. The number of hydrogen-bond donors (Lipinski definition) is 0. The summed E-state index contributed by atoms with van der Waals surface area (Å²) in [6, 6.07) is 28.1. The van der Waals surface area contributed by atoms with Crippen molar-refractivity contribution in [3.8, 4) is 5.75 Å². The van der Waals surface area contributed by atoms with Crippen LogP contribution in [0.5, 0.6) is 5.75 Å². The van der Waals surface area contributed by atoms with Gasteiger partial charge in [0.15, 0.2) is 0 Å². The van der Waals surface area contributed by atoms with Crippen molar-refractivity contribution in [3.63, 3.8) is 0 Å². The van der Waals surface area contributed by atoms with E-state index in [2.05, 4.69) is 95.8 Å². The van der Waals surface area contributed by atoms with Crippen LogP contribution in [0.3, 0.4) is 0 Å². The predicted molar refractivity (Wildman–Crippen MR) is 129 cm³/mol. The Hall–Kier alpha value is -2.76. The summed E-state index contributed by atoms with van der Waals surface area (Å²) >= 11 is 1.79. The molecule has 0 amide bonds. The van der Waals surface area contributed by atoms with Crippen molar-refractivity contribution in [2.45, 2.75) is 40.8 Å². The molecule has 3 aromatic carbocycles. The summed E-state index contributed by atoms with van der Waals surface area (Å²) in [6.45, 7) is 2.06. The van der Waals surface area contributed by atoms with Gasteiger partial charge in [0, 0.05) is 47.7 Å². The van der Waals surface area contributed by atoms with Crippen molar-refractivity contribution in [2.75, 3.05) is 20.1 Å². The number of ether oxygens (including phenoxy) is 1. The molecular formula is C27H27N3OS. The average molecular weight is 442 g/mol. The van der Waals surface area contributed by atoms with Gasteiger partial charge in [-0.05, 0) is 42.9 Å².